The van der Waals surface area contributed by atoms with Crippen molar-refractivity contribution in [1.82, 2.24) is 4.90 Å². The van der Waals surface area contributed by atoms with Crippen molar-refractivity contribution >= 4 is 23.5 Å². The molecule has 6 heteroatoms. The van der Waals surface area contributed by atoms with E-state index in [1.165, 1.54) is 30.7 Å². The molecule has 2 aliphatic heterocycles. The summed E-state index contributed by atoms with van der Waals surface area (Å²) in [6.07, 6.45) is 3.62. The number of ether oxygens (including phenoxy) is 1. The summed E-state index contributed by atoms with van der Waals surface area (Å²) >= 11 is 6.07. The first kappa shape index (κ1) is 19.0. The molecular formula is C22H21ClFNO3. The van der Waals surface area contributed by atoms with E-state index in [4.69, 9.17) is 16.3 Å². The molecule has 1 N–H and O–H groups in total. The van der Waals surface area contributed by atoms with Crippen molar-refractivity contribution in [2.45, 2.75) is 26.3 Å². The molecule has 0 bridgehead atoms. The fourth-order valence-electron chi connectivity index (χ4n) is 3.88. The van der Waals surface area contributed by atoms with Crippen LogP contribution in [-0.2, 0) is 6.54 Å². The van der Waals surface area contributed by atoms with Gasteiger partial charge in [-0.2, -0.15) is 0 Å². The molecule has 1 atom stereocenters. The van der Waals surface area contributed by atoms with Gasteiger partial charge in [-0.15, -0.1) is 0 Å². The van der Waals surface area contributed by atoms with Crippen LogP contribution in [0.3, 0.4) is 0 Å². The van der Waals surface area contributed by atoms with Gasteiger partial charge in [0.1, 0.15) is 17.3 Å². The number of phenols is 1. The molecule has 0 unspecified atom stereocenters. The van der Waals surface area contributed by atoms with Crippen LogP contribution in [0.15, 0.2) is 36.1 Å². The minimum atomic E-state index is -0.530. The number of phenolic OH excluding ortho intramolecular Hbond substituents is 1. The highest BCUT2D eigenvalue weighted by atomic mass is 35.5. The van der Waals surface area contributed by atoms with Crippen LogP contribution in [0.4, 0.5) is 4.39 Å². The van der Waals surface area contributed by atoms with E-state index >= 15 is 0 Å². The molecule has 28 heavy (non-hydrogen) atoms. The summed E-state index contributed by atoms with van der Waals surface area (Å²) in [5, 5.41) is 10.6. The smallest absolute Gasteiger partial charge is 0.231 e. The Bertz CT molecular complexity index is 952. The van der Waals surface area contributed by atoms with Gasteiger partial charge in [-0.25, -0.2) is 4.39 Å². The van der Waals surface area contributed by atoms with E-state index in [-0.39, 0.29) is 27.9 Å². The Morgan fingerprint density at radius 2 is 2.18 bits per heavy atom. The second kappa shape index (κ2) is 7.57. The number of Topliss-reactive ketones (excluding diaryl/α,β-unsaturated/α-hetero) is 1. The highest BCUT2D eigenvalue weighted by Crippen LogP contribution is 2.41. The van der Waals surface area contributed by atoms with Crippen LogP contribution < -0.4 is 4.74 Å². The number of rotatable bonds is 3. The van der Waals surface area contributed by atoms with Crippen LogP contribution in [0, 0.1) is 11.7 Å². The van der Waals surface area contributed by atoms with E-state index in [1.807, 2.05) is 0 Å². The van der Waals surface area contributed by atoms with Gasteiger partial charge in [0, 0.05) is 18.7 Å². The van der Waals surface area contributed by atoms with Crippen molar-refractivity contribution in [3.05, 3.63) is 63.6 Å². The third-order valence-corrected chi connectivity index (χ3v) is 5.64. The molecule has 0 aromatic heterocycles. The van der Waals surface area contributed by atoms with E-state index in [1.54, 1.807) is 12.1 Å². The minimum absolute atomic E-state index is 0.000798. The zero-order chi connectivity index (χ0) is 19.8. The van der Waals surface area contributed by atoms with Crippen LogP contribution in [0.25, 0.3) is 6.08 Å². The second-order valence-electron chi connectivity index (χ2n) is 7.50. The first-order chi connectivity index (χ1) is 13.4. The van der Waals surface area contributed by atoms with Crippen LogP contribution >= 0.6 is 11.6 Å². The van der Waals surface area contributed by atoms with Gasteiger partial charge in [-0.3, -0.25) is 9.69 Å². The van der Waals surface area contributed by atoms with Crippen LogP contribution in [0.5, 0.6) is 11.5 Å². The maximum Gasteiger partial charge on any atom is 0.231 e. The Hall–Kier alpha value is -2.37. The maximum absolute atomic E-state index is 14.1. The van der Waals surface area contributed by atoms with E-state index in [0.29, 0.717) is 29.3 Å². The Labute approximate surface area is 168 Å². The van der Waals surface area contributed by atoms with Crippen LogP contribution in [-0.4, -0.2) is 28.9 Å². The number of hydrogen-bond donors (Lipinski definition) is 1. The molecule has 0 spiro atoms. The predicted molar refractivity (Wildman–Crippen MR) is 106 cm³/mol. The summed E-state index contributed by atoms with van der Waals surface area (Å²) in [7, 11) is 0. The van der Waals surface area contributed by atoms with Gasteiger partial charge in [0.2, 0.25) is 5.78 Å². The van der Waals surface area contributed by atoms with Gasteiger partial charge >= 0.3 is 0 Å². The average Bonchev–Trinajstić information content (AvgIpc) is 2.97. The molecule has 0 aliphatic carbocycles. The van der Waals surface area contributed by atoms with Gasteiger partial charge in [-0.05, 0) is 55.6 Å². The van der Waals surface area contributed by atoms with E-state index in [9.17, 15) is 14.3 Å². The SMILES string of the molecule is C[C@@H]1CCCN(Cc2c(O)ccc3c2OC(=Cc2c(F)cccc2Cl)C3=O)C1. The zero-order valence-corrected chi connectivity index (χ0v) is 16.3. The topological polar surface area (TPSA) is 49.8 Å². The van der Waals surface area contributed by atoms with Gasteiger partial charge < -0.3 is 9.84 Å². The fraction of sp³-hybridized carbons (Fsp3) is 0.318. The number of carbonyl (C=O) groups is 1. The standard InChI is InChI=1S/C22H21ClFNO3/c1-13-4-3-9-25(11-13)12-16-19(26)8-7-14-21(27)20(28-22(14)16)10-15-17(23)5-2-6-18(15)24/h2,5-8,10,13,26H,3-4,9,11-12H2,1H3/t13-/m1/s1. The third kappa shape index (κ3) is 3.52. The maximum atomic E-state index is 14.1. The predicted octanol–water partition coefficient (Wildman–Crippen LogP) is 5.03. The largest absolute Gasteiger partial charge is 0.507 e. The fourth-order valence-corrected chi connectivity index (χ4v) is 4.10. The zero-order valence-electron chi connectivity index (χ0n) is 15.5. The minimum Gasteiger partial charge on any atom is -0.507 e. The number of likely N-dealkylation sites (tertiary alicyclic amines) is 1. The molecule has 0 amide bonds. The van der Waals surface area contributed by atoms with E-state index < -0.39 is 5.82 Å². The lowest BCUT2D eigenvalue weighted by atomic mass is 9.99. The molecule has 2 aliphatic rings. The number of ketones is 1. The van der Waals surface area contributed by atoms with Gasteiger partial charge in [-0.1, -0.05) is 24.6 Å². The Morgan fingerprint density at radius 1 is 1.36 bits per heavy atom. The van der Waals surface area contributed by atoms with Gasteiger partial charge in [0.15, 0.2) is 5.76 Å². The first-order valence-electron chi connectivity index (χ1n) is 9.39. The highest BCUT2D eigenvalue weighted by Gasteiger charge is 2.32. The second-order valence-corrected chi connectivity index (χ2v) is 7.90. The number of halogens is 2. The Balaban J connectivity index is 1.68. The quantitative estimate of drug-likeness (QED) is 0.732. The number of carbonyl (C=O) groups excluding carboxylic acids is 1. The van der Waals surface area contributed by atoms with Crippen molar-refractivity contribution < 1.29 is 19.0 Å². The molecule has 146 valence electrons. The molecule has 2 aromatic carbocycles. The lowest BCUT2D eigenvalue weighted by Gasteiger charge is -2.31. The summed E-state index contributed by atoms with van der Waals surface area (Å²) in [4.78, 5) is 15.0. The van der Waals surface area contributed by atoms with Crippen molar-refractivity contribution in [3.63, 3.8) is 0 Å². The summed E-state index contributed by atoms with van der Waals surface area (Å²) < 4.78 is 19.9. The van der Waals surface area contributed by atoms with Crippen LogP contribution in [0.1, 0.15) is 41.3 Å². The van der Waals surface area contributed by atoms with Crippen molar-refractivity contribution in [2.24, 2.45) is 5.92 Å². The molecule has 4 rings (SSSR count). The first-order valence-corrected chi connectivity index (χ1v) is 9.77. The molecular weight excluding hydrogens is 381 g/mol. The third-order valence-electron chi connectivity index (χ3n) is 5.31. The number of benzene rings is 2. The molecule has 2 aromatic rings. The molecule has 1 fully saturated rings. The summed E-state index contributed by atoms with van der Waals surface area (Å²) in [5.74, 6) is 0.159. The highest BCUT2D eigenvalue weighted by molar-refractivity contribution is 6.32. The number of nitrogens with zero attached hydrogens (tertiary/aromatic N) is 1. The van der Waals surface area contributed by atoms with E-state index in [0.717, 1.165) is 19.5 Å². The Morgan fingerprint density at radius 3 is 2.93 bits per heavy atom. The van der Waals surface area contributed by atoms with Crippen molar-refractivity contribution in [1.29, 1.82) is 0 Å². The Kier molecular flexibility index (Phi) is 5.13. The van der Waals surface area contributed by atoms with Gasteiger partial charge in [0.05, 0.1) is 16.1 Å². The summed E-state index contributed by atoms with van der Waals surface area (Å²) in [5.41, 5.74) is 1.07. The lowest BCUT2D eigenvalue weighted by molar-refractivity contribution is 0.101. The number of fused-ring (bicyclic) bond motifs is 1. The molecule has 0 saturated carbocycles. The normalized spacial score (nSPS) is 21.0. The molecule has 4 nitrogen and oxygen atoms in total. The molecule has 0 radical (unpaired) electrons. The lowest BCUT2D eigenvalue weighted by Crippen LogP contribution is -2.33. The van der Waals surface area contributed by atoms with Crippen LogP contribution in [0.2, 0.25) is 5.02 Å². The van der Waals surface area contributed by atoms with Gasteiger partial charge in [0.25, 0.3) is 0 Å². The summed E-state index contributed by atoms with van der Waals surface area (Å²) in [6.45, 7) is 4.58. The number of allylic oxidation sites excluding steroid dienone is 1. The number of aromatic hydroxyl groups is 1. The van der Waals surface area contributed by atoms with Crippen molar-refractivity contribution in [3.8, 4) is 11.5 Å². The molecule has 2 heterocycles. The number of hydrogen-bond acceptors (Lipinski definition) is 4. The monoisotopic (exact) mass is 401 g/mol. The summed E-state index contributed by atoms with van der Waals surface area (Å²) in [6, 6.07) is 7.39. The number of piperidine rings is 1. The average molecular weight is 402 g/mol. The van der Waals surface area contributed by atoms with E-state index in [2.05, 4.69) is 11.8 Å². The van der Waals surface area contributed by atoms with Crippen molar-refractivity contribution in [2.75, 3.05) is 13.1 Å². The molecule has 1 saturated heterocycles.